The number of ether oxygens (including phenoxy) is 1. The van der Waals surface area contributed by atoms with Gasteiger partial charge in [-0.25, -0.2) is 8.42 Å². The summed E-state index contributed by atoms with van der Waals surface area (Å²) in [5, 5.41) is 3.46. The quantitative estimate of drug-likeness (QED) is 0.284. The molecule has 3 aromatic carbocycles. The van der Waals surface area contributed by atoms with Crippen LogP contribution in [0.1, 0.15) is 31.9 Å². The molecule has 1 atom stereocenters. The number of rotatable bonds is 14. The van der Waals surface area contributed by atoms with Crippen LogP contribution in [-0.2, 0) is 32.6 Å². The zero-order valence-electron chi connectivity index (χ0n) is 23.9. The van der Waals surface area contributed by atoms with Crippen molar-refractivity contribution in [3.05, 3.63) is 95.0 Å². The molecule has 8 nitrogen and oxygen atoms in total. The molecule has 10 heteroatoms. The second kappa shape index (κ2) is 14.9. The summed E-state index contributed by atoms with van der Waals surface area (Å²) in [7, 11) is -3.85. The Morgan fingerprint density at radius 1 is 0.951 bits per heavy atom. The Kier molecular flexibility index (Phi) is 11.6. The van der Waals surface area contributed by atoms with Crippen molar-refractivity contribution in [1.82, 2.24) is 10.2 Å². The van der Waals surface area contributed by atoms with Crippen molar-refractivity contribution in [3.63, 3.8) is 0 Å². The Bertz CT molecular complexity index is 1400. The van der Waals surface area contributed by atoms with Crippen LogP contribution in [-0.4, -0.2) is 57.1 Å². The molecule has 0 aliphatic heterocycles. The molecule has 1 unspecified atom stereocenters. The summed E-state index contributed by atoms with van der Waals surface area (Å²) >= 11 is 6.24. The maximum Gasteiger partial charge on any atom is 0.244 e. The van der Waals surface area contributed by atoms with Crippen LogP contribution >= 0.6 is 11.6 Å². The van der Waals surface area contributed by atoms with Gasteiger partial charge in [0.05, 0.1) is 18.6 Å². The van der Waals surface area contributed by atoms with Crippen LogP contribution in [0.3, 0.4) is 0 Å². The lowest BCUT2D eigenvalue weighted by Crippen LogP contribution is -2.53. The third-order valence-electron chi connectivity index (χ3n) is 6.31. The molecule has 0 radical (unpaired) electrons. The average Bonchev–Trinajstić information content (AvgIpc) is 2.93. The molecule has 0 saturated heterocycles. The number of carbonyl (C=O) groups excluding carboxylic acids is 2. The molecule has 0 aromatic heterocycles. The molecule has 41 heavy (non-hydrogen) atoms. The van der Waals surface area contributed by atoms with Crippen LogP contribution in [0.15, 0.2) is 78.9 Å². The van der Waals surface area contributed by atoms with Crippen molar-refractivity contribution in [3.8, 4) is 5.75 Å². The Hall–Kier alpha value is -3.56. The van der Waals surface area contributed by atoms with Gasteiger partial charge in [0.2, 0.25) is 21.8 Å². The number of sulfonamides is 1. The first-order chi connectivity index (χ1) is 19.5. The van der Waals surface area contributed by atoms with Gasteiger partial charge in [0.25, 0.3) is 0 Å². The summed E-state index contributed by atoms with van der Waals surface area (Å²) < 4.78 is 32.3. The lowest BCUT2D eigenvalue weighted by Gasteiger charge is -2.33. The minimum Gasteiger partial charge on any atom is -0.494 e. The molecule has 0 bridgehead atoms. The monoisotopic (exact) mass is 599 g/mol. The zero-order valence-corrected chi connectivity index (χ0v) is 25.5. The third kappa shape index (κ3) is 9.79. The number of nitrogens with one attached hydrogen (secondary N) is 1. The normalized spacial score (nSPS) is 12.0. The molecular weight excluding hydrogens is 562 g/mol. The molecule has 0 heterocycles. The van der Waals surface area contributed by atoms with Crippen molar-refractivity contribution < 1.29 is 22.7 Å². The van der Waals surface area contributed by atoms with Crippen LogP contribution in [0.5, 0.6) is 5.75 Å². The molecule has 0 fully saturated rings. The summed E-state index contributed by atoms with van der Waals surface area (Å²) in [4.78, 5) is 29.2. The smallest absolute Gasteiger partial charge is 0.244 e. The minimum atomic E-state index is -3.85. The standard InChI is InChI=1S/C31H38ClN3O5S/c1-5-40-28-16-14-27(15-17-28)35(41(4,38)39)22-30(36)34(21-25-12-9-13-26(32)18-25)29(31(37)33-20-23(2)3)19-24-10-7-6-8-11-24/h6-18,23,29H,5,19-22H2,1-4H3,(H,33,37). The van der Waals surface area contributed by atoms with E-state index in [2.05, 4.69) is 5.32 Å². The largest absolute Gasteiger partial charge is 0.494 e. The molecule has 220 valence electrons. The molecule has 1 N–H and O–H groups in total. The summed E-state index contributed by atoms with van der Waals surface area (Å²) in [5.74, 6) is -0.0491. The minimum absolute atomic E-state index is 0.0624. The van der Waals surface area contributed by atoms with E-state index in [1.54, 1.807) is 42.5 Å². The van der Waals surface area contributed by atoms with Crippen molar-refractivity contribution >= 4 is 39.1 Å². The van der Waals surface area contributed by atoms with E-state index < -0.39 is 28.5 Å². The van der Waals surface area contributed by atoms with Crippen LogP contribution in [0, 0.1) is 5.92 Å². The highest BCUT2D eigenvalue weighted by Crippen LogP contribution is 2.23. The van der Waals surface area contributed by atoms with Crippen molar-refractivity contribution in [2.45, 2.75) is 39.8 Å². The number of amides is 2. The lowest BCUT2D eigenvalue weighted by molar-refractivity contribution is -0.140. The van der Waals surface area contributed by atoms with E-state index in [9.17, 15) is 18.0 Å². The first-order valence-electron chi connectivity index (χ1n) is 13.5. The summed E-state index contributed by atoms with van der Waals surface area (Å²) in [5.41, 5.74) is 1.90. The maximum atomic E-state index is 14.1. The Labute approximate surface area is 248 Å². The highest BCUT2D eigenvalue weighted by Gasteiger charge is 2.33. The van der Waals surface area contributed by atoms with E-state index in [1.807, 2.05) is 57.2 Å². The number of hydrogen-bond donors (Lipinski definition) is 1. The van der Waals surface area contributed by atoms with Crippen molar-refractivity contribution in [2.75, 3.05) is 30.3 Å². The molecule has 2 amide bonds. The van der Waals surface area contributed by atoms with Crippen LogP contribution in [0.4, 0.5) is 5.69 Å². The predicted octanol–water partition coefficient (Wildman–Crippen LogP) is 4.92. The summed E-state index contributed by atoms with van der Waals surface area (Å²) in [6.07, 6.45) is 1.30. The van der Waals surface area contributed by atoms with E-state index in [0.717, 1.165) is 16.1 Å². The fraction of sp³-hybridized carbons (Fsp3) is 0.355. The van der Waals surface area contributed by atoms with E-state index in [-0.39, 0.29) is 24.8 Å². The zero-order chi connectivity index (χ0) is 30.0. The van der Waals surface area contributed by atoms with Gasteiger partial charge in [-0.2, -0.15) is 0 Å². The van der Waals surface area contributed by atoms with E-state index in [1.165, 1.54) is 4.90 Å². The summed E-state index contributed by atoms with van der Waals surface area (Å²) in [6, 6.07) is 22.1. The molecule has 0 saturated carbocycles. The number of benzene rings is 3. The molecule has 0 aliphatic rings. The predicted molar refractivity (Wildman–Crippen MR) is 164 cm³/mol. The fourth-order valence-corrected chi connectivity index (χ4v) is 5.36. The summed E-state index contributed by atoms with van der Waals surface area (Å²) in [6.45, 7) is 6.30. The first kappa shape index (κ1) is 32.0. The number of hydrogen-bond acceptors (Lipinski definition) is 5. The number of carbonyl (C=O) groups is 2. The second-order valence-corrected chi connectivity index (χ2v) is 12.5. The van der Waals surface area contributed by atoms with E-state index >= 15 is 0 Å². The van der Waals surface area contributed by atoms with Gasteiger partial charge in [0.1, 0.15) is 18.3 Å². The average molecular weight is 600 g/mol. The van der Waals surface area contributed by atoms with Gasteiger partial charge in [0, 0.05) is 24.5 Å². The Morgan fingerprint density at radius 2 is 1.61 bits per heavy atom. The number of nitrogens with zero attached hydrogens (tertiary/aromatic N) is 2. The van der Waals surface area contributed by atoms with E-state index in [0.29, 0.717) is 35.2 Å². The molecule has 3 rings (SSSR count). The maximum absolute atomic E-state index is 14.1. The SMILES string of the molecule is CCOc1ccc(N(CC(=O)N(Cc2cccc(Cl)c2)C(Cc2ccccc2)C(=O)NCC(C)C)S(C)(=O)=O)cc1. The van der Waals surface area contributed by atoms with Gasteiger partial charge in [-0.1, -0.05) is 67.9 Å². The van der Waals surface area contributed by atoms with Gasteiger partial charge in [-0.3, -0.25) is 13.9 Å². The fourth-order valence-electron chi connectivity index (χ4n) is 4.30. The van der Waals surface area contributed by atoms with Gasteiger partial charge < -0.3 is 15.0 Å². The van der Waals surface area contributed by atoms with Gasteiger partial charge in [0.15, 0.2) is 0 Å². The van der Waals surface area contributed by atoms with Crippen LogP contribution < -0.4 is 14.4 Å². The number of halogens is 1. The highest BCUT2D eigenvalue weighted by atomic mass is 35.5. The molecule has 3 aromatic rings. The Morgan fingerprint density at radius 3 is 2.20 bits per heavy atom. The topological polar surface area (TPSA) is 96.0 Å². The van der Waals surface area contributed by atoms with E-state index in [4.69, 9.17) is 16.3 Å². The third-order valence-corrected chi connectivity index (χ3v) is 7.69. The van der Waals surface area contributed by atoms with Gasteiger partial charge in [-0.05, 0) is 60.4 Å². The number of anilines is 1. The van der Waals surface area contributed by atoms with Crippen LogP contribution in [0.2, 0.25) is 5.02 Å². The van der Waals surface area contributed by atoms with Crippen molar-refractivity contribution in [1.29, 1.82) is 0 Å². The van der Waals surface area contributed by atoms with Gasteiger partial charge >= 0.3 is 0 Å². The molecular formula is C31H38ClN3O5S. The van der Waals surface area contributed by atoms with Gasteiger partial charge in [-0.15, -0.1) is 0 Å². The second-order valence-electron chi connectivity index (χ2n) is 10.2. The van der Waals surface area contributed by atoms with Crippen LogP contribution in [0.25, 0.3) is 0 Å². The highest BCUT2D eigenvalue weighted by molar-refractivity contribution is 7.92. The Balaban J connectivity index is 2.02. The first-order valence-corrected chi connectivity index (χ1v) is 15.8. The molecule has 0 aliphatic carbocycles. The van der Waals surface area contributed by atoms with Crippen molar-refractivity contribution in [2.24, 2.45) is 5.92 Å². The molecule has 0 spiro atoms. The lowest BCUT2D eigenvalue weighted by atomic mass is 10.0.